The minimum atomic E-state index is -1.34. The summed E-state index contributed by atoms with van der Waals surface area (Å²) < 4.78 is 6.77. The maximum atomic E-state index is 12.3. The number of fused-ring (bicyclic) bond motifs is 1. The van der Waals surface area contributed by atoms with Gasteiger partial charge in [-0.15, -0.1) is 0 Å². The van der Waals surface area contributed by atoms with Gasteiger partial charge < -0.3 is 25.2 Å². The Bertz CT molecular complexity index is 1050. The first kappa shape index (κ1) is 18.2. The van der Waals surface area contributed by atoms with E-state index >= 15 is 0 Å². The number of aliphatic hydroxyl groups is 3. The Morgan fingerprint density at radius 3 is 2.71 bits per heavy atom. The van der Waals surface area contributed by atoms with Gasteiger partial charge in [0.1, 0.15) is 24.1 Å². The molecule has 148 valence electrons. The molecule has 0 radical (unpaired) electrons. The number of aromatic nitrogens is 4. The van der Waals surface area contributed by atoms with E-state index in [0.717, 1.165) is 0 Å². The van der Waals surface area contributed by atoms with Crippen molar-refractivity contribution in [2.45, 2.75) is 24.5 Å². The number of hydrogen-bond acceptors (Lipinski definition) is 10. The van der Waals surface area contributed by atoms with E-state index in [4.69, 9.17) is 4.74 Å². The number of aromatic hydroxyl groups is 1. The highest BCUT2D eigenvalue weighted by Gasteiger charge is 2.44. The lowest BCUT2D eigenvalue weighted by Gasteiger charge is -2.16. The van der Waals surface area contributed by atoms with Crippen LogP contribution in [0.25, 0.3) is 11.2 Å². The van der Waals surface area contributed by atoms with Crippen LogP contribution in [-0.2, 0) is 4.74 Å². The summed E-state index contributed by atoms with van der Waals surface area (Å²) in [4.78, 5) is 23.0. The van der Waals surface area contributed by atoms with E-state index in [1.807, 2.05) is 0 Å². The van der Waals surface area contributed by atoms with Crippen molar-refractivity contribution in [3.8, 4) is 5.75 Å². The second-order valence-corrected chi connectivity index (χ2v) is 6.23. The number of imidazole rings is 1. The number of benzene rings is 1. The summed E-state index contributed by atoms with van der Waals surface area (Å²) in [6.45, 7) is -0.480. The van der Waals surface area contributed by atoms with Gasteiger partial charge in [-0.3, -0.25) is 25.2 Å². The van der Waals surface area contributed by atoms with Crippen molar-refractivity contribution in [2.75, 3.05) is 17.5 Å². The van der Waals surface area contributed by atoms with Crippen LogP contribution in [-0.4, -0.2) is 64.9 Å². The van der Waals surface area contributed by atoms with Crippen LogP contribution in [0.1, 0.15) is 6.23 Å². The van der Waals surface area contributed by atoms with Crippen LogP contribution >= 0.6 is 0 Å². The van der Waals surface area contributed by atoms with Crippen molar-refractivity contribution in [3.05, 3.63) is 40.9 Å². The van der Waals surface area contributed by atoms with Gasteiger partial charge in [0.15, 0.2) is 17.4 Å². The Balaban J connectivity index is 1.65. The third kappa shape index (κ3) is 3.03. The number of aromatic amines is 1. The molecule has 1 saturated heterocycles. The van der Waals surface area contributed by atoms with Crippen molar-refractivity contribution in [3.63, 3.8) is 0 Å². The van der Waals surface area contributed by atoms with E-state index in [1.165, 1.54) is 17.0 Å². The normalized spacial score (nSPS) is 24.5. The Hall–Kier alpha value is -3.19. The number of phenols is 1. The van der Waals surface area contributed by atoms with E-state index in [1.54, 1.807) is 18.2 Å². The van der Waals surface area contributed by atoms with Gasteiger partial charge in [0, 0.05) is 0 Å². The van der Waals surface area contributed by atoms with Gasteiger partial charge in [0.2, 0.25) is 5.95 Å². The number of nitrogens with one attached hydrogen (secondary N) is 3. The van der Waals surface area contributed by atoms with Gasteiger partial charge in [0.25, 0.3) is 5.56 Å². The molecule has 28 heavy (non-hydrogen) atoms. The molecule has 4 rings (SSSR count). The lowest BCUT2D eigenvalue weighted by atomic mass is 10.1. The van der Waals surface area contributed by atoms with E-state index in [9.17, 15) is 25.2 Å². The number of hydrazine groups is 1. The fourth-order valence-corrected chi connectivity index (χ4v) is 2.99. The summed E-state index contributed by atoms with van der Waals surface area (Å²) in [6, 6.07) is 6.47. The third-order valence-corrected chi connectivity index (χ3v) is 4.44. The van der Waals surface area contributed by atoms with Gasteiger partial charge in [-0.05, 0) is 12.1 Å². The number of ether oxygens (including phenoxy) is 1. The largest absolute Gasteiger partial charge is 0.506 e. The van der Waals surface area contributed by atoms with Gasteiger partial charge in [-0.1, -0.05) is 12.1 Å². The standard InChI is InChI=1S/C16H18N6O6/c23-5-9-11(25)12(26)15(28-9)22-6-17-10-13(22)18-16(19-14(10)27)21-20-7-3-1-2-4-8(7)24/h1-4,6,9,11-12,15,20,23-26H,5H2,(H2,18,19,21,27)/t9-,11-,12-,15-/m1/s1. The summed E-state index contributed by atoms with van der Waals surface area (Å²) in [5.41, 5.74) is 5.31. The molecule has 3 aromatic rings. The smallest absolute Gasteiger partial charge is 0.280 e. The third-order valence-electron chi connectivity index (χ3n) is 4.44. The molecule has 1 aliphatic heterocycles. The van der Waals surface area contributed by atoms with Crippen LogP contribution in [0.3, 0.4) is 0 Å². The van der Waals surface area contributed by atoms with Gasteiger partial charge in [-0.2, -0.15) is 4.98 Å². The second kappa shape index (κ2) is 7.09. The highest BCUT2D eigenvalue weighted by Crippen LogP contribution is 2.31. The predicted molar refractivity (Wildman–Crippen MR) is 96.5 cm³/mol. The van der Waals surface area contributed by atoms with Crippen molar-refractivity contribution in [2.24, 2.45) is 0 Å². The molecule has 1 fully saturated rings. The van der Waals surface area contributed by atoms with Gasteiger partial charge in [0.05, 0.1) is 18.6 Å². The van der Waals surface area contributed by atoms with Crippen LogP contribution in [0.5, 0.6) is 5.75 Å². The summed E-state index contributed by atoms with van der Waals surface area (Å²) >= 11 is 0. The molecule has 12 heteroatoms. The van der Waals surface area contributed by atoms with E-state index in [2.05, 4.69) is 25.8 Å². The summed E-state index contributed by atoms with van der Waals surface area (Å²) in [5, 5.41) is 39.2. The zero-order valence-electron chi connectivity index (χ0n) is 14.4. The van der Waals surface area contributed by atoms with E-state index in [-0.39, 0.29) is 22.9 Å². The molecule has 0 amide bonds. The molecule has 0 unspecified atom stereocenters. The number of nitrogens with zero attached hydrogens (tertiary/aromatic N) is 3. The number of aliphatic hydroxyl groups excluding tert-OH is 3. The average molecular weight is 390 g/mol. The summed E-state index contributed by atoms with van der Waals surface area (Å²) in [7, 11) is 0. The number of anilines is 2. The van der Waals surface area contributed by atoms with Crippen molar-refractivity contribution in [1.82, 2.24) is 19.5 Å². The zero-order chi connectivity index (χ0) is 19.8. The van der Waals surface area contributed by atoms with Crippen LogP contribution < -0.4 is 16.4 Å². The second-order valence-electron chi connectivity index (χ2n) is 6.23. The number of para-hydroxylation sites is 2. The lowest BCUT2D eigenvalue weighted by Crippen LogP contribution is -2.33. The molecule has 3 heterocycles. The molecule has 12 nitrogen and oxygen atoms in total. The minimum absolute atomic E-state index is 0.00465. The number of rotatable bonds is 5. The molecule has 4 atom stereocenters. The molecule has 0 saturated carbocycles. The SMILES string of the molecule is O=c1[nH]c(NNc2ccccc2O)nc2c1ncn2[C@@H]1O[C@H](CO)[C@@H](O)[C@H]1O. The molecule has 1 aliphatic rings. The van der Waals surface area contributed by atoms with Crippen molar-refractivity contribution < 1.29 is 25.2 Å². The highest BCUT2D eigenvalue weighted by atomic mass is 16.6. The molecule has 2 aromatic heterocycles. The first-order chi connectivity index (χ1) is 13.5. The monoisotopic (exact) mass is 390 g/mol. The summed E-state index contributed by atoms with van der Waals surface area (Å²) in [6.07, 6.45) is -3.43. The van der Waals surface area contributed by atoms with Gasteiger partial charge in [-0.25, -0.2) is 4.98 Å². The number of H-pyrrole nitrogens is 1. The maximum absolute atomic E-state index is 12.3. The first-order valence-corrected chi connectivity index (χ1v) is 8.39. The predicted octanol–water partition coefficient (Wildman–Crippen LogP) is -1.12. The minimum Gasteiger partial charge on any atom is -0.506 e. The molecule has 0 spiro atoms. The topological polar surface area (TPSA) is 178 Å². The van der Waals surface area contributed by atoms with Crippen molar-refractivity contribution in [1.29, 1.82) is 0 Å². The highest BCUT2D eigenvalue weighted by molar-refractivity contribution is 5.71. The van der Waals surface area contributed by atoms with Crippen molar-refractivity contribution >= 4 is 22.8 Å². The quantitative estimate of drug-likeness (QED) is 0.208. The lowest BCUT2D eigenvalue weighted by molar-refractivity contribution is -0.0511. The molecule has 0 aliphatic carbocycles. The molecular formula is C16H18N6O6. The number of hydrogen-bond donors (Lipinski definition) is 7. The Labute approximate surface area is 157 Å². The maximum Gasteiger partial charge on any atom is 0.280 e. The Kier molecular flexibility index (Phi) is 4.60. The first-order valence-electron chi connectivity index (χ1n) is 8.39. The fourth-order valence-electron chi connectivity index (χ4n) is 2.99. The summed E-state index contributed by atoms with van der Waals surface area (Å²) in [5.74, 6) is 0.0178. The van der Waals surface area contributed by atoms with Crippen LogP contribution in [0.4, 0.5) is 11.6 Å². The van der Waals surface area contributed by atoms with Crippen LogP contribution in [0.15, 0.2) is 35.4 Å². The molecular weight excluding hydrogens is 372 g/mol. The zero-order valence-corrected chi connectivity index (χ0v) is 14.4. The molecule has 1 aromatic carbocycles. The molecule has 0 bridgehead atoms. The van der Waals surface area contributed by atoms with E-state index < -0.39 is 36.7 Å². The fraction of sp³-hybridized carbons (Fsp3) is 0.312. The van der Waals surface area contributed by atoms with Crippen LogP contribution in [0.2, 0.25) is 0 Å². The Morgan fingerprint density at radius 1 is 1.21 bits per heavy atom. The van der Waals surface area contributed by atoms with Crippen LogP contribution in [0, 0.1) is 0 Å². The Morgan fingerprint density at radius 2 is 2.00 bits per heavy atom. The molecule has 7 N–H and O–H groups in total. The van der Waals surface area contributed by atoms with Gasteiger partial charge >= 0.3 is 0 Å². The van der Waals surface area contributed by atoms with E-state index in [0.29, 0.717) is 5.69 Å². The number of phenolic OH excluding ortho intramolecular Hbond substituents is 1. The average Bonchev–Trinajstić information content (AvgIpc) is 3.23.